The molecule has 0 atom stereocenters. The topological polar surface area (TPSA) is 20.3 Å². The maximum atomic E-state index is 10.9. The van der Waals surface area contributed by atoms with Crippen LogP contribution in [0, 0.1) is 0 Å². The minimum Gasteiger partial charge on any atom is -0.310 e. The first kappa shape index (κ1) is 22.9. The number of hydrogen-bond acceptors (Lipinski definition) is 2. The Morgan fingerprint density at radius 2 is 0.897 bits per heavy atom. The third-order valence-electron chi connectivity index (χ3n) is 7.41. The van der Waals surface area contributed by atoms with Crippen molar-refractivity contribution in [2.45, 2.75) is 0 Å². The molecule has 2 heteroatoms. The molecule has 0 amide bonds. The monoisotopic (exact) mass is 499 g/mol. The average Bonchev–Trinajstić information content (AvgIpc) is 3.00. The molecule has 184 valence electrons. The van der Waals surface area contributed by atoms with E-state index >= 15 is 0 Å². The van der Waals surface area contributed by atoms with Crippen LogP contribution >= 0.6 is 0 Å². The summed E-state index contributed by atoms with van der Waals surface area (Å²) < 4.78 is 0. The summed E-state index contributed by atoms with van der Waals surface area (Å²) >= 11 is 0. The van der Waals surface area contributed by atoms with Gasteiger partial charge in [-0.05, 0) is 79.8 Å². The van der Waals surface area contributed by atoms with Crippen LogP contribution in [-0.2, 0) is 0 Å². The van der Waals surface area contributed by atoms with Gasteiger partial charge in [0.1, 0.15) is 6.29 Å². The molecule has 0 aromatic heterocycles. The molecule has 0 spiro atoms. The fourth-order valence-electron chi connectivity index (χ4n) is 5.50. The lowest BCUT2D eigenvalue weighted by Crippen LogP contribution is -2.09. The van der Waals surface area contributed by atoms with E-state index in [4.69, 9.17) is 0 Å². The normalized spacial score (nSPS) is 11.6. The number of aldehydes is 1. The summed E-state index contributed by atoms with van der Waals surface area (Å²) in [6.07, 6.45) is 5.03. The van der Waals surface area contributed by atoms with Gasteiger partial charge in [-0.15, -0.1) is 0 Å². The summed E-state index contributed by atoms with van der Waals surface area (Å²) in [6, 6.07) is 46.8. The van der Waals surface area contributed by atoms with Gasteiger partial charge in [-0.1, -0.05) is 109 Å². The van der Waals surface area contributed by atoms with Crippen LogP contribution in [0.4, 0.5) is 17.1 Å². The van der Waals surface area contributed by atoms with Gasteiger partial charge in [0.2, 0.25) is 0 Å². The zero-order valence-corrected chi connectivity index (χ0v) is 21.3. The predicted octanol–water partition coefficient (Wildman–Crippen LogP) is 10.0. The SMILES string of the molecule is O=Cc1ccc(/C=C/c2ccc(N(c3ccccc3)c3cc4ccc5cccc6ccc(c3)c4c56)cc2)cc1. The van der Waals surface area contributed by atoms with Crippen LogP contribution in [0.2, 0.25) is 0 Å². The molecular weight excluding hydrogens is 474 g/mol. The highest BCUT2D eigenvalue weighted by Gasteiger charge is 2.15. The van der Waals surface area contributed by atoms with Gasteiger partial charge >= 0.3 is 0 Å². The molecule has 7 rings (SSSR count). The zero-order chi connectivity index (χ0) is 26.2. The van der Waals surface area contributed by atoms with Crippen LogP contribution in [0.3, 0.4) is 0 Å². The van der Waals surface area contributed by atoms with E-state index in [9.17, 15) is 4.79 Å². The van der Waals surface area contributed by atoms with E-state index in [1.807, 2.05) is 24.3 Å². The van der Waals surface area contributed by atoms with Crippen LogP contribution in [0.1, 0.15) is 21.5 Å². The molecule has 0 bridgehead atoms. The van der Waals surface area contributed by atoms with Crippen molar-refractivity contribution in [1.29, 1.82) is 0 Å². The molecule has 0 aliphatic heterocycles. The number of nitrogens with zero attached hydrogens (tertiary/aromatic N) is 1. The molecule has 0 unspecified atom stereocenters. The van der Waals surface area contributed by atoms with E-state index in [1.165, 1.54) is 32.3 Å². The summed E-state index contributed by atoms with van der Waals surface area (Å²) in [6.45, 7) is 0. The standard InChI is InChI=1S/C37H25NO/c39-25-28-13-11-26(12-14-28)9-10-27-15-21-34(22-16-27)38(33-7-2-1-3-8-33)35-23-31-19-17-29-5-4-6-30-18-20-32(24-35)37(31)36(29)30/h1-25H/b10-9+. The molecule has 0 saturated carbocycles. The van der Waals surface area contributed by atoms with Crippen LogP contribution < -0.4 is 4.90 Å². The third-order valence-corrected chi connectivity index (χ3v) is 7.41. The Balaban J connectivity index is 1.30. The van der Waals surface area contributed by atoms with E-state index in [0.717, 1.165) is 34.5 Å². The van der Waals surface area contributed by atoms with Crippen molar-refractivity contribution in [1.82, 2.24) is 0 Å². The molecule has 0 saturated heterocycles. The molecular formula is C37H25NO. The second-order valence-corrected chi connectivity index (χ2v) is 9.86. The van der Waals surface area contributed by atoms with Crippen LogP contribution in [0.5, 0.6) is 0 Å². The van der Waals surface area contributed by atoms with Crippen molar-refractivity contribution in [2.24, 2.45) is 0 Å². The lowest BCUT2D eigenvalue weighted by atomic mass is 9.93. The second kappa shape index (κ2) is 9.59. The minimum absolute atomic E-state index is 0.685. The van der Waals surface area contributed by atoms with Crippen molar-refractivity contribution in [3.63, 3.8) is 0 Å². The second-order valence-electron chi connectivity index (χ2n) is 9.86. The predicted molar refractivity (Wildman–Crippen MR) is 166 cm³/mol. The fraction of sp³-hybridized carbons (Fsp3) is 0. The first-order chi connectivity index (χ1) is 19.3. The maximum Gasteiger partial charge on any atom is 0.150 e. The van der Waals surface area contributed by atoms with Gasteiger partial charge < -0.3 is 4.90 Å². The highest BCUT2D eigenvalue weighted by Crippen LogP contribution is 2.41. The smallest absolute Gasteiger partial charge is 0.150 e. The highest BCUT2D eigenvalue weighted by atomic mass is 16.1. The number of anilines is 3. The first-order valence-corrected chi connectivity index (χ1v) is 13.1. The lowest BCUT2D eigenvalue weighted by Gasteiger charge is -2.26. The Bertz CT molecular complexity index is 1890. The molecule has 0 N–H and O–H groups in total. The largest absolute Gasteiger partial charge is 0.310 e. The minimum atomic E-state index is 0.685. The fourth-order valence-corrected chi connectivity index (χ4v) is 5.50. The van der Waals surface area contributed by atoms with Crippen molar-refractivity contribution in [2.75, 3.05) is 4.90 Å². The summed E-state index contributed by atoms with van der Waals surface area (Å²) in [5, 5.41) is 7.70. The molecule has 7 aromatic carbocycles. The third kappa shape index (κ3) is 4.22. The van der Waals surface area contributed by atoms with E-state index in [2.05, 4.69) is 126 Å². The number of para-hydroxylation sites is 1. The van der Waals surface area contributed by atoms with Gasteiger partial charge in [0, 0.05) is 22.6 Å². The van der Waals surface area contributed by atoms with Crippen LogP contribution in [0.15, 0.2) is 133 Å². The summed E-state index contributed by atoms with van der Waals surface area (Å²) in [4.78, 5) is 13.2. The van der Waals surface area contributed by atoms with Gasteiger partial charge in [-0.2, -0.15) is 0 Å². The van der Waals surface area contributed by atoms with Crippen molar-refractivity contribution < 1.29 is 4.79 Å². The van der Waals surface area contributed by atoms with Crippen molar-refractivity contribution >= 4 is 67.8 Å². The summed E-state index contributed by atoms with van der Waals surface area (Å²) in [5.41, 5.74) is 6.20. The van der Waals surface area contributed by atoms with Gasteiger partial charge in [0.05, 0.1) is 0 Å². The Kier molecular flexibility index (Phi) is 5.64. The molecule has 0 fully saturated rings. The molecule has 2 nitrogen and oxygen atoms in total. The van der Waals surface area contributed by atoms with Gasteiger partial charge in [0.15, 0.2) is 0 Å². The van der Waals surface area contributed by atoms with Gasteiger partial charge in [-0.3, -0.25) is 4.79 Å². The Labute approximate surface area is 227 Å². The van der Waals surface area contributed by atoms with Gasteiger partial charge in [-0.25, -0.2) is 0 Å². The Morgan fingerprint density at radius 3 is 1.49 bits per heavy atom. The van der Waals surface area contributed by atoms with Crippen LogP contribution in [0.25, 0.3) is 44.5 Å². The van der Waals surface area contributed by atoms with Crippen LogP contribution in [-0.4, -0.2) is 6.29 Å². The van der Waals surface area contributed by atoms with E-state index in [1.54, 1.807) is 0 Å². The van der Waals surface area contributed by atoms with Crippen molar-refractivity contribution in [3.8, 4) is 0 Å². The van der Waals surface area contributed by atoms with E-state index in [0.29, 0.717) is 5.56 Å². The van der Waals surface area contributed by atoms with E-state index < -0.39 is 0 Å². The maximum absolute atomic E-state index is 10.9. The summed E-state index contributed by atoms with van der Waals surface area (Å²) in [5.74, 6) is 0. The number of benzene rings is 7. The van der Waals surface area contributed by atoms with Crippen molar-refractivity contribution in [3.05, 3.63) is 150 Å². The zero-order valence-electron chi connectivity index (χ0n) is 21.3. The number of carbonyl (C=O) groups excluding carboxylic acids is 1. The molecule has 0 heterocycles. The quantitative estimate of drug-likeness (QED) is 0.129. The summed E-state index contributed by atoms with van der Waals surface area (Å²) in [7, 11) is 0. The van der Waals surface area contributed by atoms with Gasteiger partial charge in [0.25, 0.3) is 0 Å². The first-order valence-electron chi connectivity index (χ1n) is 13.1. The number of rotatable bonds is 6. The molecule has 7 aromatic rings. The highest BCUT2D eigenvalue weighted by molar-refractivity contribution is 6.23. The molecule has 0 radical (unpaired) electrons. The number of carbonyl (C=O) groups is 1. The number of hydrogen-bond donors (Lipinski definition) is 0. The lowest BCUT2D eigenvalue weighted by molar-refractivity contribution is 0.112. The molecule has 0 aliphatic carbocycles. The molecule has 0 aliphatic rings. The van der Waals surface area contributed by atoms with E-state index in [-0.39, 0.29) is 0 Å². The Hall–Kier alpha value is -5.21. The average molecular weight is 500 g/mol. The Morgan fingerprint density at radius 1 is 0.410 bits per heavy atom. The molecule has 39 heavy (non-hydrogen) atoms.